The Morgan fingerprint density at radius 3 is 2.39 bits per heavy atom. The fourth-order valence-electron chi connectivity index (χ4n) is 1.88. The normalized spacial score (nSPS) is 11.3. The highest BCUT2D eigenvalue weighted by molar-refractivity contribution is 7.87. The molecule has 122 valence electrons. The summed E-state index contributed by atoms with van der Waals surface area (Å²) in [6.45, 7) is 1.51. The predicted molar refractivity (Wildman–Crippen MR) is 84.7 cm³/mol. The predicted octanol–water partition coefficient (Wildman–Crippen LogP) is 3.77. The largest absolute Gasteiger partial charge is 0.379 e. The quantitative estimate of drug-likeness (QED) is 0.739. The molecule has 0 radical (unpaired) electrons. The van der Waals surface area contributed by atoms with Gasteiger partial charge in [0.05, 0.1) is 5.02 Å². The maximum absolute atomic E-state index is 13.0. The number of ketones is 1. The number of carbonyl (C=O) groups excluding carboxylic acids is 1. The molecule has 0 fully saturated rings. The van der Waals surface area contributed by atoms with Crippen molar-refractivity contribution in [2.75, 3.05) is 0 Å². The van der Waals surface area contributed by atoms with Crippen LogP contribution in [-0.2, 0) is 21.3 Å². The molecule has 0 saturated heterocycles. The Bertz CT molecular complexity index is 816. The first-order chi connectivity index (χ1) is 10.8. The average molecular weight is 357 g/mol. The highest BCUT2D eigenvalue weighted by Crippen LogP contribution is 2.26. The van der Waals surface area contributed by atoms with Crippen LogP contribution in [0.1, 0.15) is 18.9 Å². The van der Waals surface area contributed by atoms with Crippen molar-refractivity contribution in [3.8, 4) is 5.75 Å². The highest BCUT2D eigenvalue weighted by Gasteiger charge is 2.20. The van der Waals surface area contributed by atoms with Gasteiger partial charge in [-0.15, -0.1) is 0 Å². The number of hydrogen-bond acceptors (Lipinski definition) is 4. The Balaban J connectivity index is 2.15. The molecule has 2 aromatic rings. The lowest BCUT2D eigenvalue weighted by molar-refractivity contribution is -0.116. The molecule has 2 aromatic carbocycles. The van der Waals surface area contributed by atoms with Crippen LogP contribution in [0.2, 0.25) is 5.02 Å². The number of carbonyl (C=O) groups is 1. The summed E-state index contributed by atoms with van der Waals surface area (Å²) in [7, 11) is -4.15. The van der Waals surface area contributed by atoms with Gasteiger partial charge in [0.25, 0.3) is 0 Å². The van der Waals surface area contributed by atoms with E-state index in [1.165, 1.54) is 19.1 Å². The van der Waals surface area contributed by atoms with Crippen LogP contribution in [0.4, 0.5) is 4.39 Å². The zero-order chi connectivity index (χ0) is 17.0. The number of Topliss-reactive ketones (excluding diaryl/α,β-unsaturated/α-hetero) is 1. The third-order valence-corrected chi connectivity index (χ3v) is 4.79. The van der Waals surface area contributed by atoms with Crippen LogP contribution in [0.5, 0.6) is 5.75 Å². The third-order valence-electron chi connectivity index (χ3n) is 3.06. The van der Waals surface area contributed by atoms with Gasteiger partial charge in [-0.3, -0.25) is 0 Å². The van der Waals surface area contributed by atoms with E-state index in [0.29, 0.717) is 12.8 Å². The van der Waals surface area contributed by atoms with Gasteiger partial charge >= 0.3 is 10.1 Å². The zero-order valence-corrected chi connectivity index (χ0v) is 13.8. The van der Waals surface area contributed by atoms with E-state index in [2.05, 4.69) is 0 Å². The maximum atomic E-state index is 13.0. The molecular formula is C16H14ClFO4S. The van der Waals surface area contributed by atoms with Crippen molar-refractivity contribution < 1.29 is 21.8 Å². The van der Waals surface area contributed by atoms with E-state index in [9.17, 15) is 17.6 Å². The molecule has 0 aliphatic heterocycles. The van der Waals surface area contributed by atoms with E-state index < -0.39 is 15.9 Å². The van der Waals surface area contributed by atoms with E-state index in [4.69, 9.17) is 15.8 Å². The molecule has 0 spiro atoms. The molecular weight excluding hydrogens is 343 g/mol. The molecule has 0 aromatic heterocycles. The van der Waals surface area contributed by atoms with Crippen molar-refractivity contribution in [1.82, 2.24) is 0 Å². The van der Waals surface area contributed by atoms with Crippen LogP contribution >= 0.6 is 11.6 Å². The van der Waals surface area contributed by atoms with E-state index in [0.717, 1.165) is 23.8 Å². The summed E-state index contributed by atoms with van der Waals surface area (Å²) in [5.41, 5.74) is 0.893. The van der Waals surface area contributed by atoms with Crippen molar-refractivity contribution in [1.29, 1.82) is 0 Å². The molecule has 0 unspecified atom stereocenters. The van der Waals surface area contributed by atoms with Crippen LogP contribution in [0.25, 0.3) is 0 Å². The van der Waals surface area contributed by atoms with Gasteiger partial charge in [0.15, 0.2) is 0 Å². The molecule has 2 rings (SSSR count). The maximum Gasteiger partial charge on any atom is 0.340 e. The summed E-state index contributed by atoms with van der Waals surface area (Å²) in [5.74, 6) is -0.445. The average Bonchev–Trinajstić information content (AvgIpc) is 2.45. The molecule has 23 heavy (non-hydrogen) atoms. The van der Waals surface area contributed by atoms with E-state index in [1.807, 2.05) is 0 Å². The molecule has 0 atom stereocenters. The first kappa shape index (κ1) is 17.4. The summed E-state index contributed by atoms with van der Waals surface area (Å²) >= 11 is 5.75. The Labute approximate surface area is 139 Å². The van der Waals surface area contributed by atoms with Gasteiger partial charge in [0.2, 0.25) is 0 Å². The molecule has 4 nitrogen and oxygen atoms in total. The minimum atomic E-state index is -4.15. The second-order valence-electron chi connectivity index (χ2n) is 4.96. The van der Waals surface area contributed by atoms with Crippen molar-refractivity contribution in [2.45, 2.75) is 24.7 Å². The molecule has 0 bridgehead atoms. The summed E-state index contributed by atoms with van der Waals surface area (Å²) in [4.78, 5) is 10.6. The minimum absolute atomic E-state index is 0.0823. The summed E-state index contributed by atoms with van der Waals surface area (Å²) < 4.78 is 42.3. The van der Waals surface area contributed by atoms with E-state index in [1.54, 1.807) is 12.1 Å². The molecule has 0 amide bonds. The van der Waals surface area contributed by atoms with Crippen LogP contribution in [0, 0.1) is 5.82 Å². The lowest BCUT2D eigenvalue weighted by Crippen LogP contribution is -2.10. The van der Waals surface area contributed by atoms with E-state index in [-0.39, 0.29) is 21.5 Å². The highest BCUT2D eigenvalue weighted by atomic mass is 35.5. The van der Waals surface area contributed by atoms with Crippen molar-refractivity contribution in [3.05, 3.63) is 58.9 Å². The van der Waals surface area contributed by atoms with Crippen molar-refractivity contribution in [3.63, 3.8) is 0 Å². The number of aryl methyl sites for hydroxylation is 1. The zero-order valence-electron chi connectivity index (χ0n) is 12.3. The van der Waals surface area contributed by atoms with Crippen LogP contribution in [0.3, 0.4) is 0 Å². The first-order valence-electron chi connectivity index (χ1n) is 6.76. The lowest BCUT2D eigenvalue weighted by Gasteiger charge is -2.09. The molecule has 7 heteroatoms. The van der Waals surface area contributed by atoms with E-state index >= 15 is 0 Å². The van der Waals surface area contributed by atoms with Crippen LogP contribution < -0.4 is 4.18 Å². The van der Waals surface area contributed by atoms with Gasteiger partial charge in [-0.05, 0) is 49.2 Å². The molecule has 0 saturated carbocycles. The topological polar surface area (TPSA) is 60.4 Å². The number of hydrogen-bond donors (Lipinski definition) is 0. The second-order valence-corrected chi connectivity index (χ2v) is 6.88. The SMILES string of the molecule is CC(=O)CCc1ccc(OS(=O)(=O)c2ccc(F)cc2Cl)cc1. The van der Waals surface area contributed by atoms with Crippen molar-refractivity contribution >= 4 is 27.5 Å². The Morgan fingerprint density at radius 1 is 1.17 bits per heavy atom. The van der Waals surface area contributed by atoms with Gasteiger partial charge in [0.1, 0.15) is 22.2 Å². The second kappa shape index (κ2) is 7.10. The number of rotatable bonds is 6. The standard InChI is InChI=1S/C16H14ClFO4S/c1-11(19)2-3-12-4-7-14(8-5-12)22-23(20,21)16-9-6-13(18)10-15(16)17/h4-10H,2-3H2,1H3. The van der Waals surface area contributed by atoms with Crippen LogP contribution in [-0.4, -0.2) is 14.2 Å². The van der Waals surface area contributed by atoms with Crippen LogP contribution in [0.15, 0.2) is 47.4 Å². The van der Waals surface area contributed by atoms with Gasteiger partial charge in [-0.25, -0.2) is 4.39 Å². The molecule has 0 aliphatic carbocycles. The summed E-state index contributed by atoms with van der Waals surface area (Å²) in [6.07, 6.45) is 0.996. The Kier molecular flexibility index (Phi) is 5.38. The van der Waals surface area contributed by atoms with Crippen molar-refractivity contribution in [2.24, 2.45) is 0 Å². The molecule has 0 N–H and O–H groups in total. The lowest BCUT2D eigenvalue weighted by atomic mass is 10.1. The number of benzene rings is 2. The molecule has 0 heterocycles. The summed E-state index contributed by atoms with van der Waals surface area (Å²) in [5, 5.41) is -0.247. The first-order valence-corrected chi connectivity index (χ1v) is 8.54. The fraction of sp³-hybridized carbons (Fsp3) is 0.188. The Morgan fingerprint density at radius 2 is 1.83 bits per heavy atom. The summed E-state index contributed by atoms with van der Waals surface area (Å²) in [6, 6.07) is 9.29. The third kappa shape index (κ3) is 4.77. The fourth-order valence-corrected chi connectivity index (χ4v) is 3.32. The van der Waals surface area contributed by atoms with Gasteiger partial charge in [0, 0.05) is 6.42 Å². The Hall–Kier alpha value is -1.92. The van der Waals surface area contributed by atoms with Gasteiger partial charge in [-0.2, -0.15) is 8.42 Å². The van der Waals surface area contributed by atoms with Gasteiger partial charge < -0.3 is 8.98 Å². The monoisotopic (exact) mass is 356 g/mol. The van der Waals surface area contributed by atoms with Gasteiger partial charge in [-0.1, -0.05) is 23.7 Å². The minimum Gasteiger partial charge on any atom is -0.379 e. The number of halogens is 2. The molecule has 0 aliphatic rings. The smallest absolute Gasteiger partial charge is 0.340 e.